The van der Waals surface area contributed by atoms with Crippen molar-refractivity contribution in [3.05, 3.63) is 36.4 Å². The van der Waals surface area contributed by atoms with Gasteiger partial charge in [-0.1, -0.05) is 0 Å². The number of nitrogen functional groups attached to an aromatic ring is 2. The fourth-order valence-electron chi connectivity index (χ4n) is 1.74. The molecule has 0 fully saturated rings. The Morgan fingerprint density at radius 2 is 1.09 bits per heavy atom. The molecule has 124 valence electrons. The minimum Gasteiger partial charge on any atom is -0.454 e. The molecule has 23 heavy (non-hydrogen) atoms. The second-order valence-electron chi connectivity index (χ2n) is 4.46. The Morgan fingerprint density at radius 3 is 1.39 bits per heavy atom. The summed E-state index contributed by atoms with van der Waals surface area (Å²) in [5.41, 5.74) is 11.0. The van der Waals surface area contributed by atoms with Gasteiger partial charge in [-0.05, 0) is 36.4 Å². The van der Waals surface area contributed by atoms with Crippen LogP contribution in [0.25, 0.3) is 0 Å². The largest absolute Gasteiger partial charge is 0.454 e. The summed E-state index contributed by atoms with van der Waals surface area (Å²) in [5.74, 6) is -0.757. The summed E-state index contributed by atoms with van der Waals surface area (Å²) in [7, 11) is -9.35. The molecule has 0 bridgehead atoms. The molecule has 0 amide bonds. The summed E-state index contributed by atoms with van der Waals surface area (Å²) in [6.07, 6.45) is 0. The van der Waals surface area contributed by atoms with E-state index in [0.717, 1.165) is 24.3 Å². The Bertz CT molecular complexity index is 889. The van der Waals surface area contributed by atoms with Crippen molar-refractivity contribution in [1.29, 1.82) is 0 Å². The van der Waals surface area contributed by atoms with E-state index >= 15 is 0 Å². The normalized spacial score (nSPS) is 12.1. The summed E-state index contributed by atoms with van der Waals surface area (Å²) in [6, 6.07) is 6.71. The SMILES string of the molecule is Nc1ccc(Oc2ccc(N)cc2S(=O)(=O)O)c(S(=O)(=O)O)c1. The van der Waals surface area contributed by atoms with Gasteiger partial charge in [-0.25, -0.2) is 0 Å². The lowest BCUT2D eigenvalue weighted by molar-refractivity contribution is 0.434. The number of benzene rings is 2. The molecule has 2 aromatic rings. The highest BCUT2D eigenvalue weighted by molar-refractivity contribution is 7.86. The zero-order chi connectivity index (χ0) is 17.4. The molecule has 0 spiro atoms. The summed E-state index contributed by atoms with van der Waals surface area (Å²) in [6.45, 7) is 0. The summed E-state index contributed by atoms with van der Waals surface area (Å²) >= 11 is 0. The van der Waals surface area contributed by atoms with E-state index in [-0.39, 0.29) is 22.9 Å². The lowest BCUT2D eigenvalue weighted by Crippen LogP contribution is -2.05. The maximum absolute atomic E-state index is 11.4. The smallest absolute Gasteiger partial charge is 0.298 e. The van der Waals surface area contributed by atoms with E-state index in [1.54, 1.807) is 0 Å². The number of anilines is 2. The first-order chi connectivity index (χ1) is 10.5. The summed E-state index contributed by atoms with van der Waals surface area (Å²) in [5, 5.41) is 0. The van der Waals surface area contributed by atoms with Crippen LogP contribution in [0.3, 0.4) is 0 Å². The van der Waals surface area contributed by atoms with Crippen LogP contribution in [0, 0.1) is 0 Å². The van der Waals surface area contributed by atoms with Crippen LogP contribution in [0.5, 0.6) is 11.5 Å². The van der Waals surface area contributed by atoms with Crippen molar-refractivity contribution in [3.63, 3.8) is 0 Å². The number of hydrogen-bond donors (Lipinski definition) is 4. The Labute approximate surface area is 132 Å². The van der Waals surface area contributed by atoms with Crippen molar-refractivity contribution in [2.24, 2.45) is 0 Å². The van der Waals surface area contributed by atoms with Crippen LogP contribution in [0.2, 0.25) is 0 Å². The first-order valence-electron chi connectivity index (χ1n) is 5.90. The molecule has 0 atom stereocenters. The monoisotopic (exact) mass is 360 g/mol. The molecule has 9 nitrogen and oxygen atoms in total. The Hall–Kier alpha value is -2.34. The van der Waals surface area contributed by atoms with Gasteiger partial charge >= 0.3 is 0 Å². The third kappa shape index (κ3) is 3.90. The molecule has 0 aliphatic rings. The van der Waals surface area contributed by atoms with Gasteiger partial charge in [0.1, 0.15) is 21.3 Å². The quantitative estimate of drug-likeness (QED) is 0.461. The minimum atomic E-state index is -4.67. The second kappa shape index (κ2) is 5.70. The molecule has 2 rings (SSSR count). The van der Waals surface area contributed by atoms with Gasteiger partial charge < -0.3 is 16.2 Å². The molecule has 0 aromatic heterocycles. The van der Waals surface area contributed by atoms with Gasteiger partial charge in [-0.15, -0.1) is 0 Å². The number of ether oxygens (including phenoxy) is 1. The van der Waals surface area contributed by atoms with Crippen molar-refractivity contribution in [1.82, 2.24) is 0 Å². The fourth-order valence-corrected chi connectivity index (χ4v) is 3.04. The van der Waals surface area contributed by atoms with Gasteiger partial charge in [0.25, 0.3) is 20.2 Å². The Morgan fingerprint density at radius 1 is 0.739 bits per heavy atom. The van der Waals surface area contributed by atoms with E-state index in [4.69, 9.17) is 16.2 Å². The molecule has 0 aliphatic carbocycles. The Kier molecular flexibility index (Phi) is 4.22. The predicted octanol–water partition coefficient (Wildman–Crippen LogP) is 1.14. The maximum atomic E-state index is 11.4. The molecule has 0 saturated carbocycles. The molecule has 6 N–H and O–H groups in total. The van der Waals surface area contributed by atoms with Crippen LogP contribution >= 0.6 is 0 Å². The van der Waals surface area contributed by atoms with E-state index in [1.807, 2.05) is 0 Å². The topological polar surface area (TPSA) is 170 Å². The number of hydrogen-bond acceptors (Lipinski definition) is 7. The lowest BCUT2D eigenvalue weighted by Gasteiger charge is -2.12. The summed E-state index contributed by atoms with van der Waals surface area (Å²) in [4.78, 5) is -1.31. The molecule has 0 radical (unpaired) electrons. The van der Waals surface area contributed by atoms with E-state index in [9.17, 15) is 25.9 Å². The molecule has 0 unspecified atom stereocenters. The van der Waals surface area contributed by atoms with Gasteiger partial charge in [0.2, 0.25) is 0 Å². The van der Waals surface area contributed by atoms with Crippen molar-refractivity contribution >= 4 is 31.6 Å². The van der Waals surface area contributed by atoms with Gasteiger partial charge in [-0.2, -0.15) is 16.8 Å². The molecular weight excluding hydrogens is 348 g/mol. The highest BCUT2D eigenvalue weighted by atomic mass is 32.2. The molecule has 2 aromatic carbocycles. The molecule has 0 heterocycles. The van der Waals surface area contributed by atoms with Gasteiger partial charge in [0.15, 0.2) is 0 Å². The second-order valence-corrected chi connectivity index (χ2v) is 7.24. The number of rotatable bonds is 4. The summed E-state index contributed by atoms with van der Waals surface area (Å²) < 4.78 is 69.1. The first-order valence-corrected chi connectivity index (χ1v) is 8.78. The first kappa shape index (κ1) is 17.0. The number of nitrogens with two attached hydrogens (primary N) is 2. The third-order valence-electron chi connectivity index (χ3n) is 2.71. The van der Waals surface area contributed by atoms with E-state index in [1.165, 1.54) is 12.1 Å². The lowest BCUT2D eigenvalue weighted by atomic mass is 10.3. The van der Waals surface area contributed by atoms with Gasteiger partial charge in [0.05, 0.1) is 0 Å². The fraction of sp³-hybridized carbons (Fsp3) is 0. The van der Waals surface area contributed by atoms with Crippen molar-refractivity contribution in [2.45, 2.75) is 9.79 Å². The zero-order valence-electron chi connectivity index (χ0n) is 11.4. The van der Waals surface area contributed by atoms with Gasteiger partial charge in [0, 0.05) is 11.4 Å². The standard InChI is InChI=1S/C12H12N2O7S2/c13-7-1-3-9(11(5-7)22(15,16)17)21-10-4-2-8(14)6-12(10)23(18,19)20/h1-6H,13-14H2,(H,15,16,17)(H,18,19,20). The van der Waals surface area contributed by atoms with Crippen LogP contribution in [0.1, 0.15) is 0 Å². The molecular formula is C12H12N2O7S2. The maximum Gasteiger partial charge on any atom is 0.298 e. The van der Waals surface area contributed by atoms with Crippen molar-refractivity contribution in [3.8, 4) is 11.5 Å². The van der Waals surface area contributed by atoms with Crippen LogP contribution in [0.15, 0.2) is 46.2 Å². The molecule has 0 saturated heterocycles. The van der Waals surface area contributed by atoms with Crippen LogP contribution < -0.4 is 16.2 Å². The minimum absolute atomic E-state index is 0.0392. The highest BCUT2D eigenvalue weighted by Crippen LogP contribution is 2.34. The highest BCUT2D eigenvalue weighted by Gasteiger charge is 2.22. The van der Waals surface area contributed by atoms with Crippen molar-refractivity contribution < 1.29 is 30.7 Å². The average Bonchev–Trinajstić information content (AvgIpc) is 2.40. The van der Waals surface area contributed by atoms with Gasteiger partial charge in [-0.3, -0.25) is 9.11 Å². The van der Waals surface area contributed by atoms with E-state index in [0.29, 0.717) is 0 Å². The van der Waals surface area contributed by atoms with Crippen LogP contribution in [-0.2, 0) is 20.2 Å². The zero-order valence-corrected chi connectivity index (χ0v) is 13.0. The molecule has 0 aliphatic heterocycles. The third-order valence-corrected chi connectivity index (χ3v) is 4.46. The molecule has 11 heteroatoms. The van der Waals surface area contributed by atoms with Crippen molar-refractivity contribution in [2.75, 3.05) is 11.5 Å². The van der Waals surface area contributed by atoms with Crippen LogP contribution in [0.4, 0.5) is 11.4 Å². The predicted molar refractivity (Wildman–Crippen MR) is 81.4 cm³/mol. The van der Waals surface area contributed by atoms with E-state index in [2.05, 4.69) is 0 Å². The average molecular weight is 360 g/mol. The van der Waals surface area contributed by atoms with E-state index < -0.39 is 30.0 Å². The Balaban J connectivity index is 2.62. The van der Waals surface area contributed by atoms with Crippen LogP contribution in [-0.4, -0.2) is 25.9 Å².